The number of piperidine rings is 1. The lowest BCUT2D eigenvalue weighted by Gasteiger charge is -2.26. The van der Waals surface area contributed by atoms with Gasteiger partial charge < -0.3 is 15.4 Å². The summed E-state index contributed by atoms with van der Waals surface area (Å²) >= 11 is 0. The summed E-state index contributed by atoms with van der Waals surface area (Å²) in [5.74, 6) is 1.04. The second kappa shape index (κ2) is 7.49. The molecule has 6 nitrogen and oxygen atoms in total. The Balaban J connectivity index is 1.56. The van der Waals surface area contributed by atoms with E-state index in [1.54, 1.807) is 11.8 Å². The van der Waals surface area contributed by atoms with Crippen molar-refractivity contribution in [1.29, 1.82) is 0 Å². The van der Waals surface area contributed by atoms with Crippen molar-refractivity contribution in [1.82, 2.24) is 20.4 Å². The van der Waals surface area contributed by atoms with Gasteiger partial charge in [0.2, 0.25) is 5.91 Å². The van der Waals surface area contributed by atoms with Crippen molar-refractivity contribution < 1.29 is 9.53 Å². The van der Waals surface area contributed by atoms with E-state index in [0.29, 0.717) is 12.6 Å². The van der Waals surface area contributed by atoms with Crippen LogP contribution in [0.5, 0.6) is 5.75 Å². The third-order valence-electron chi connectivity index (χ3n) is 4.42. The van der Waals surface area contributed by atoms with Gasteiger partial charge in [-0.3, -0.25) is 4.79 Å². The molecule has 6 heteroatoms. The summed E-state index contributed by atoms with van der Waals surface area (Å²) < 4.78 is 6.96. The Morgan fingerprint density at radius 3 is 2.88 bits per heavy atom. The van der Waals surface area contributed by atoms with Crippen molar-refractivity contribution in [3.05, 3.63) is 42.2 Å². The number of benzene rings is 1. The molecular formula is C18H24N4O2. The predicted molar refractivity (Wildman–Crippen MR) is 92.2 cm³/mol. The van der Waals surface area contributed by atoms with Gasteiger partial charge in [0, 0.05) is 18.2 Å². The number of ether oxygens (including phenoxy) is 1. The summed E-state index contributed by atoms with van der Waals surface area (Å²) in [5.41, 5.74) is 1.81. The number of aromatic nitrogens is 2. The van der Waals surface area contributed by atoms with Gasteiger partial charge in [0.25, 0.3) is 0 Å². The molecule has 2 atom stereocenters. The number of amides is 1. The molecule has 3 rings (SSSR count). The molecule has 2 N–H and O–H groups in total. The van der Waals surface area contributed by atoms with Crippen LogP contribution in [-0.4, -0.2) is 35.4 Å². The fraction of sp³-hybridized carbons (Fsp3) is 0.444. The van der Waals surface area contributed by atoms with E-state index in [9.17, 15) is 4.79 Å². The second-order valence-electron chi connectivity index (χ2n) is 6.24. The van der Waals surface area contributed by atoms with Crippen LogP contribution < -0.4 is 15.4 Å². The predicted octanol–water partition coefficient (Wildman–Crippen LogP) is 1.89. The highest BCUT2D eigenvalue weighted by atomic mass is 16.5. The van der Waals surface area contributed by atoms with Crippen molar-refractivity contribution in [2.24, 2.45) is 5.92 Å². The Morgan fingerprint density at radius 1 is 1.38 bits per heavy atom. The molecule has 1 amide bonds. The van der Waals surface area contributed by atoms with Gasteiger partial charge in [0.15, 0.2) is 0 Å². The molecule has 0 radical (unpaired) electrons. The first kappa shape index (κ1) is 16.5. The summed E-state index contributed by atoms with van der Waals surface area (Å²) in [5, 5.41) is 10.9. The first-order chi connectivity index (χ1) is 11.7. The minimum absolute atomic E-state index is 0.102. The summed E-state index contributed by atoms with van der Waals surface area (Å²) in [6.07, 6.45) is 3.69. The number of carbonyl (C=O) groups excluding carboxylic acids is 1. The highest BCUT2D eigenvalue weighted by Gasteiger charge is 2.24. The van der Waals surface area contributed by atoms with Gasteiger partial charge in [-0.05, 0) is 56.6 Å². The van der Waals surface area contributed by atoms with Gasteiger partial charge in [-0.15, -0.1) is 0 Å². The lowest BCUT2D eigenvalue weighted by Crippen LogP contribution is -2.42. The summed E-state index contributed by atoms with van der Waals surface area (Å²) in [4.78, 5) is 12.3. The highest BCUT2D eigenvalue weighted by molar-refractivity contribution is 5.78. The number of nitrogens with one attached hydrogen (secondary N) is 2. The largest absolute Gasteiger partial charge is 0.497 e. The SMILES string of the molecule is COc1ccc(-n2ccc(CNC(=O)[C@H]3CCN[C@@H](C)C3)n2)cc1. The molecule has 2 heterocycles. The maximum atomic E-state index is 12.3. The van der Waals surface area contributed by atoms with E-state index in [1.807, 2.05) is 36.5 Å². The number of carbonyl (C=O) groups is 1. The second-order valence-corrected chi connectivity index (χ2v) is 6.24. The zero-order chi connectivity index (χ0) is 16.9. The maximum Gasteiger partial charge on any atom is 0.223 e. The Bertz CT molecular complexity index is 681. The van der Waals surface area contributed by atoms with Crippen LogP contribution in [0.25, 0.3) is 5.69 Å². The Labute approximate surface area is 142 Å². The fourth-order valence-electron chi connectivity index (χ4n) is 3.03. The maximum absolute atomic E-state index is 12.3. The van der Waals surface area contributed by atoms with E-state index in [0.717, 1.165) is 36.5 Å². The fourth-order valence-corrected chi connectivity index (χ4v) is 3.03. The topological polar surface area (TPSA) is 68.2 Å². The number of hydrogen-bond donors (Lipinski definition) is 2. The van der Waals surface area contributed by atoms with Crippen LogP contribution in [0.4, 0.5) is 0 Å². The molecule has 0 spiro atoms. The van der Waals surface area contributed by atoms with Crippen LogP contribution in [-0.2, 0) is 11.3 Å². The van der Waals surface area contributed by atoms with Crippen molar-refractivity contribution in [3.63, 3.8) is 0 Å². The standard InChI is InChI=1S/C18H24N4O2/c1-13-11-14(7-9-19-13)18(23)20-12-15-8-10-22(21-15)16-3-5-17(24-2)6-4-16/h3-6,8,10,13-14,19H,7,9,11-12H2,1-2H3,(H,20,23)/t13-,14-/m0/s1. The highest BCUT2D eigenvalue weighted by Crippen LogP contribution is 2.17. The van der Waals surface area contributed by atoms with Crippen molar-refractivity contribution >= 4 is 5.91 Å². The summed E-state index contributed by atoms with van der Waals surface area (Å²) in [7, 11) is 1.65. The van der Waals surface area contributed by atoms with Crippen LogP contribution in [0.15, 0.2) is 36.5 Å². The normalized spacial score (nSPS) is 20.6. The van der Waals surface area contributed by atoms with E-state index in [1.165, 1.54) is 0 Å². The monoisotopic (exact) mass is 328 g/mol. The van der Waals surface area contributed by atoms with E-state index >= 15 is 0 Å². The number of nitrogens with zero attached hydrogens (tertiary/aromatic N) is 2. The smallest absolute Gasteiger partial charge is 0.223 e. The Kier molecular flexibility index (Phi) is 5.15. The van der Waals surface area contributed by atoms with E-state index in [4.69, 9.17) is 4.74 Å². The molecule has 1 aliphatic heterocycles. The molecule has 0 unspecified atom stereocenters. The minimum atomic E-state index is 0.102. The number of hydrogen-bond acceptors (Lipinski definition) is 4. The van der Waals surface area contributed by atoms with Crippen LogP contribution in [0.3, 0.4) is 0 Å². The molecule has 1 aromatic carbocycles. The molecule has 1 fully saturated rings. The van der Waals surface area contributed by atoms with E-state index in [-0.39, 0.29) is 11.8 Å². The minimum Gasteiger partial charge on any atom is -0.497 e. The molecule has 128 valence electrons. The van der Waals surface area contributed by atoms with E-state index in [2.05, 4.69) is 22.7 Å². The third-order valence-corrected chi connectivity index (χ3v) is 4.42. The molecule has 0 saturated carbocycles. The van der Waals surface area contributed by atoms with Gasteiger partial charge in [0.1, 0.15) is 5.75 Å². The van der Waals surface area contributed by atoms with Crippen LogP contribution in [0.1, 0.15) is 25.5 Å². The number of methoxy groups -OCH3 is 1. The van der Waals surface area contributed by atoms with Crippen LogP contribution in [0.2, 0.25) is 0 Å². The average molecular weight is 328 g/mol. The molecule has 2 aromatic rings. The molecular weight excluding hydrogens is 304 g/mol. The Morgan fingerprint density at radius 2 is 2.17 bits per heavy atom. The van der Waals surface area contributed by atoms with Crippen molar-refractivity contribution in [2.75, 3.05) is 13.7 Å². The molecule has 0 aliphatic carbocycles. The van der Waals surface area contributed by atoms with Crippen LogP contribution >= 0.6 is 0 Å². The molecule has 24 heavy (non-hydrogen) atoms. The summed E-state index contributed by atoms with van der Waals surface area (Å²) in [6.45, 7) is 3.49. The van der Waals surface area contributed by atoms with Crippen molar-refractivity contribution in [3.8, 4) is 11.4 Å². The zero-order valence-corrected chi connectivity index (χ0v) is 14.2. The first-order valence-electron chi connectivity index (χ1n) is 8.36. The quantitative estimate of drug-likeness (QED) is 0.879. The van der Waals surface area contributed by atoms with Crippen molar-refractivity contribution in [2.45, 2.75) is 32.4 Å². The third kappa shape index (κ3) is 3.94. The lowest BCUT2D eigenvalue weighted by atomic mass is 9.92. The molecule has 1 saturated heterocycles. The van der Waals surface area contributed by atoms with Crippen LogP contribution in [0, 0.1) is 5.92 Å². The molecule has 1 aliphatic rings. The molecule has 1 aromatic heterocycles. The zero-order valence-electron chi connectivity index (χ0n) is 14.2. The van der Waals surface area contributed by atoms with Gasteiger partial charge in [0.05, 0.1) is 25.0 Å². The van der Waals surface area contributed by atoms with Gasteiger partial charge in [-0.2, -0.15) is 5.10 Å². The summed E-state index contributed by atoms with van der Waals surface area (Å²) in [6, 6.07) is 10.0. The van der Waals surface area contributed by atoms with Gasteiger partial charge in [-0.25, -0.2) is 4.68 Å². The Hall–Kier alpha value is -2.34. The van der Waals surface area contributed by atoms with Gasteiger partial charge in [-0.1, -0.05) is 0 Å². The molecule has 0 bridgehead atoms. The van der Waals surface area contributed by atoms with E-state index < -0.39 is 0 Å². The first-order valence-corrected chi connectivity index (χ1v) is 8.36. The average Bonchev–Trinajstić information content (AvgIpc) is 3.09. The number of rotatable bonds is 5. The van der Waals surface area contributed by atoms with Gasteiger partial charge >= 0.3 is 0 Å². The lowest BCUT2D eigenvalue weighted by molar-refractivity contribution is -0.126.